The molecule has 0 bridgehead atoms. The van der Waals surface area contributed by atoms with Crippen molar-refractivity contribution in [3.63, 3.8) is 0 Å². The highest BCUT2D eigenvalue weighted by molar-refractivity contribution is 5.95. The van der Waals surface area contributed by atoms with Crippen molar-refractivity contribution in [2.24, 2.45) is 0 Å². The molecule has 1 amide bonds. The van der Waals surface area contributed by atoms with Crippen molar-refractivity contribution in [1.29, 1.82) is 0 Å². The molecule has 0 saturated carbocycles. The van der Waals surface area contributed by atoms with Crippen LogP contribution in [0.2, 0.25) is 0 Å². The number of benzene rings is 1. The van der Waals surface area contributed by atoms with Crippen LogP contribution in [-0.2, 0) is 13.0 Å². The predicted molar refractivity (Wildman–Crippen MR) is 116 cm³/mol. The lowest BCUT2D eigenvalue weighted by atomic mass is 10.1. The van der Waals surface area contributed by atoms with Gasteiger partial charge in [-0.05, 0) is 43.0 Å². The van der Waals surface area contributed by atoms with Crippen molar-refractivity contribution < 1.29 is 9.72 Å². The number of amides is 1. The number of anilines is 1. The molecule has 1 saturated heterocycles. The minimum Gasteiger partial charge on any atom is -0.357 e. The monoisotopic (exact) mass is 420 g/mol. The molecule has 3 aromatic rings. The average molecular weight is 420 g/mol. The van der Waals surface area contributed by atoms with E-state index in [2.05, 4.69) is 20.3 Å². The topological polar surface area (TPSA) is 106 Å². The average Bonchev–Trinajstić information content (AvgIpc) is 3.48. The Morgan fingerprint density at radius 3 is 2.48 bits per heavy atom. The van der Waals surface area contributed by atoms with E-state index in [1.54, 1.807) is 23.0 Å². The van der Waals surface area contributed by atoms with E-state index in [9.17, 15) is 14.9 Å². The maximum absolute atomic E-state index is 12.8. The summed E-state index contributed by atoms with van der Waals surface area (Å²) in [5.74, 6) is 0.763. The third-order valence-corrected chi connectivity index (χ3v) is 5.45. The fourth-order valence-corrected chi connectivity index (χ4v) is 3.77. The highest BCUT2D eigenvalue weighted by atomic mass is 16.6. The molecule has 0 aliphatic carbocycles. The van der Waals surface area contributed by atoms with Gasteiger partial charge in [0.2, 0.25) is 0 Å². The molecule has 160 valence electrons. The van der Waals surface area contributed by atoms with E-state index >= 15 is 0 Å². The normalized spacial score (nSPS) is 13.4. The fraction of sp³-hybridized carbons (Fsp3) is 0.318. The number of hydrogen-bond acceptors (Lipinski definition) is 6. The molecule has 1 aliphatic heterocycles. The lowest BCUT2D eigenvalue weighted by molar-refractivity contribution is -0.384. The van der Waals surface area contributed by atoms with Crippen LogP contribution in [0.5, 0.6) is 0 Å². The van der Waals surface area contributed by atoms with E-state index in [1.807, 2.05) is 19.1 Å². The second-order valence-corrected chi connectivity index (χ2v) is 7.45. The third-order valence-electron chi connectivity index (χ3n) is 5.45. The second-order valence-electron chi connectivity index (χ2n) is 7.45. The first-order valence-electron chi connectivity index (χ1n) is 10.4. The van der Waals surface area contributed by atoms with Gasteiger partial charge < -0.3 is 10.2 Å². The number of pyridine rings is 1. The van der Waals surface area contributed by atoms with Crippen LogP contribution in [0.25, 0.3) is 5.69 Å². The van der Waals surface area contributed by atoms with E-state index in [0.717, 1.165) is 30.2 Å². The molecule has 1 N–H and O–H groups in total. The maximum Gasteiger partial charge on any atom is 0.269 e. The zero-order valence-corrected chi connectivity index (χ0v) is 17.3. The van der Waals surface area contributed by atoms with Crippen LogP contribution < -0.4 is 10.2 Å². The van der Waals surface area contributed by atoms with Crippen LogP contribution in [0.15, 0.2) is 48.8 Å². The number of carbonyl (C=O) groups is 1. The number of nitro benzene ring substituents is 1. The molecule has 0 unspecified atom stereocenters. The summed E-state index contributed by atoms with van der Waals surface area (Å²) in [5.41, 5.74) is 2.84. The Morgan fingerprint density at radius 2 is 1.87 bits per heavy atom. The summed E-state index contributed by atoms with van der Waals surface area (Å²) < 4.78 is 1.64. The van der Waals surface area contributed by atoms with Gasteiger partial charge in [0.1, 0.15) is 5.82 Å². The van der Waals surface area contributed by atoms with Gasteiger partial charge in [-0.25, -0.2) is 9.67 Å². The third kappa shape index (κ3) is 4.40. The molecule has 1 aromatic carbocycles. The molecule has 3 heterocycles. The van der Waals surface area contributed by atoms with Crippen molar-refractivity contribution in [2.45, 2.75) is 32.7 Å². The van der Waals surface area contributed by atoms with Gasteiger partial charge in [-0.1, -0.05) is 13.0 Å². The van der Waals surface area contributed by atoms with Crippen molar-refractivity contribution in [1.82, 2.24) is 20.1 Å². The Labute approximate surface area is 179 Å². The molecular formula is C22H24N6O3. The number of rotatable bonds is 7. The Bertz CT molecular complexity index is 1070. The van der Waals surface area contributed by atoms with Crippen LogP contribution in [0.1, 0.15) is 41.4 Å². The van der Waals surface area contributed by atoms with Crippen molar-refractivity contribution in [3.8, 4) is 5.69 Å². The van der Waals surface area contributed by atoms with Gasteiger partial charge >= 0.3 is 0 Å². The Balaban J connectivity index is 1.44. The smallest absolute Gasteiger partial charge is 0.269 e. The minimum atomic E-state index is -0.445. The summed E-state index contributed by atoms with van der Waals surface area (Å²) in [6.07, 6.45) is 6.32. The molecule has 9 nitrogen and oxygen atoms in total. The van der Waals surface area contributed by atoms with Gasteiger partial charge in [0.25, 0.3) is 11.6 Å². The number of nitrogens with zero attached hydrogens (tertiary/aromatic N) is 5. The molecule has 1 fully saturated rings. The predicted octanol–water partition coefficient (Wildman–Crippen LogP) is 3.27. The SMILES string of the molecule is CCc1c(C(=O)NCc2ccc(N3CCCC3)nc2)cnn1-c1ccc([N+](=O)[O-])cc1. The first kappa shape index (κ1) is 20.5. The van der Waals surface area contributed by atoms with Crippen LogP contribution in [0.4, 0.5) is 11.5 Å². The van der Waals surface area contributed by atoms with Crippen molar-refractivity contribution >= 4 is 17.4 Å². The van der Waals surface area contributed by atoms with Gasteiger partial charge in [0.15, 0.2) is 0 Å². The molecule has 1 aliphatic rings. The van der Waals surface area contributed by atoms with Crippen LogP contribution in [0.3, 0.4) is 0 Å². The molecule has 2 aromatic heterocycles. The quantitative estimate of drug-likeness (QED) is 0.464. The van der Waals surface area contributed by atoms with Crippen molar-refractivity contribution in [3.05, 3.63) is 75.7 Å². The van der Waals surface area contributed by atoms with Crippen molar-refractivity contribution in [2.75, 3.05) is 18.0 Å². The lowest BCUT2D eigenvalue weighted by Crippen LogP contribution is -2.24. The lowest BCUT2D eigenvalue weighted by Gasteiger charge is -2.16. The zero-order valence-electron chi connectivity index (χ0n) is 17.3. The van der Waals surface area contributed by atoms with E-state index < -0.39 is 4.92 Å². The van der Waals surface area contributed by atoms with Crippen LogP contribution >= 0.6 is 0 Å². The van der Waals surface area contributed by atoms with E-state index in [0.29, 0.717) is 24.2 Å². The van der Waals surface area contributed by atoms with Crippen LogP contribution in [-0.4, -0.2) is 38.7 Å². The van der Waals surface area contributed by atoms with Gasteiger partial charge in [-0.3, -0.25) is 14.9 Å². The number of hydrogen-bond donors (Lipinski definition) is 1. The number of nitrogens with one attached hydrogen (secondary N) is 1. The Morgan fingerprint density at radius 1 is 1.13 bits per heavy atom. The first-order valence-corrected chi connectivity index (χ1v) is 10.4. The van der Waals surface area contributed by atoms with E-state index in [-0.39, 0.29) is 11.6 Å². The molecule has 9 heteroatoms. The van der Waals surface area contributed by atoms with Gasteiger partial charge in [-0.2, -0.15) is 5.10 Å². The van der Waals surface area contributed by atoms with Gasteiger partial charge in [-0.15, -0.1) is 0 Å². The maximum atomic E-state index is 12.8. The highest BCUT2D eigenvalue weighted by Gasteiger charge is 2.18. The fourth-order valence-electron chi connectivity index (χ4n) is 3.77. The van der Waals surface area contributed by atoms with Crippen LogP contribution in [0, 0.1) is 10.1 Å². The summed E-state index contributed by atoms with van der Waals surface area (Å²) in [6.45, 7) is 4.40. The molecule has 0 atom stereocenters. The summed E-state index contributed by atoms with van der Waals surface area (Å²) in [6, 6.07) is 10.1. The largest absolute Gasteiger partial charge is 0.357 e. The number of aromatic nitrogens is 3. The highest BCUT2D eigenvalue weighted by Crippen LogP contribution is 2.20. The Hall–Kier alpha value is -3.75. The van der Waals surface area contributed by atoms with E-state index in [1.165, 1.54) is 31.2 Å². The number of nitro groups is 1. The molecular weight excluding hydrogens is 396 g/mol. The summed E-state index contributed by atoms with van der Waals surface area (Å²) in [5, 5.41) is 18.1. The molecule has 0 radical (unpaired) electrons. The van der Waals surface area contributed by atoms with Gasteiger partial charge in [0, 0.05) is 38.0 Å². The standard InChI is InChI=1S/C22H24N6O3/c1-2-20-19(15-25-27(20)17-6-8-18(9-7-17)28(30)31)22(29)24-14-16-5-10-21(23-13-16)26-11-3-4-12-26/h5-10,13,15H,2-4,11-12,14H2,1H3,(H,24,29). The summed E-state index contributed by atoms with van der Waals surface area (Å²) in [7, 11) is 0. The molecule has 4 rings (SSSR count). The van der Waals surface area contributed by atoms with Gasteiger partial charge in [0.05, 0.1) is 28.1 Å². The first-order chi connectivity index (χ1) is 15.1. The second kappa shape index (κ2) is 8.95. The molecule has 0 spiro atoms. The number of carbonyl (C=O) groups excluding carboxylic acids is 1. The zero-order chi connectivity index (χ0) is 21.8. The Kier molecular flexibility index (Phi) is 5.92. The molecule has 31 heavy (non-hydrogen) atoms. The van der Waals surface area contributed by atoms with E-state index in [4.69, 9.17) is 0 Å². The number of non-ortho nitro benzene ring substituents is 1. The summed E-state index contributed by atoms with van der Waals surface area (Å²) >= 11 is 0. The summed E-state index contributed by atoms with van der Waals surface area (Å²) in [4.78, 5) is 30.0. The minimum absolute atomic E-state index is 0.0104.